The van der Waals surface area contributed by atoms with E-state index in [1.165, 1.54) is 6.20 Å². The molecule has 29 heavy (non-hydrogen) atoms. The van der Waals surface area contributed by atoms with E-state index in [4.69, 9.17) is 16.3 Å². The van der Waals surface area contributed by atoms with Crippen LogP contribution in [0.5, 0.6) is 0 Å². The topological polar surface area (TPSA) is 98.5 Å². The molecular formula is C21H25ClN4O3. The van der Waals surface area contributed by atoms with Gasteiger partial charge in [-0.2, -0.15) is 5.26 Å². The first kappa shape index (κ1) is 19.0. The van der Waals surface area contributed by atoms with Gasteiger partial charge in [0.25, 0.3) is 0 Å². The van der Waals surface area contributed by atoms with Gasteiger partial charge < -0.3 is 20.1 Å². The van der Waals surface area contributed by atoms with Crippen molar-refractivity contribution in [3.05, 3.63) is 22.8 Å². The molecule has 154 valence electrons. The van der Waals surface area contributed by atoms with Gasteiger partial charge in [-0.25, -0.2) is 9.78 Å². The molecule has 8 heteroatoms. The van der Waals surface area contributed by atoms with Crippen molar-refractivity contribution in [3.63, 3.8) is 0 Å². The van der Waals surface area contributed by atoms with Crippen LogP contribution in [0.3, 0.4) is 0 Å². The molecule has 5 aliphatic rings. The van der Waals surface area contributed by atoms with E-state index in [-0.39, 0.29) is 18.2 Å². The van der Waals surface area contributed by atoms with Crippen LogP contribution in [0, 0.1) is 29.1 Å². The number of carbonyl (C=O) groups excluding carboxylic acids is 1. The van der Waals surface area contributed by atoms with Crippen LogP contribution in [0.4, 0.5) is 10.6 Å². The molecule has 0 radical (unpaired) electrons. The Morgan fingerprint density at radius 1 is 1.38 bits per heavy atom. The number of anilines is 1. The number of hydrogen-bond acceptors (Lipinski definition) is 6. The Morgan fingerprint density at radius 3 is 2.83 bits per heavy atom. The largest absolute Gasteiger partial charge is 0.446 e. The Morgan fingerprint density at radius 2 is 2.14 bits per heavy atom. The molecule has 7 nitrogen and oxygen atoms in total. The lowest BCUT2D eigenvalue weighted by molar-refractivity contribution is -0.177. The number of amides is 1. The number of aliphatic hydroxyl groups is 1. The Hall–Kier alpha value is -2.04. The molecule has 0 aromatic carbocycles. The van der Waals surface area contributed by atoms with Crippen LogP contribution >= 0.6 is 11.6 Å². The summed E-state index contributed by atoms with van der Waals surface area (Å²) in [5.41, 5.74) is -0.128. The summed E-state index contributed by atoms with van der Waals surface area (Å²) in [5.74, 6) is 1.67. The molecule has 1 aromatic rings. The van der Waals surface area contributed by atoms with Gasteiger partial charge in [0, 0.05) is 25.3 Å². The fraction of sp³-hybridized carbons (Fsp3) is 0.667. The minimum atomic E-state index is -0.522. The van der Waals surface area contributed by atoms with E-state index in [1.807, 2.05) is 0 Å². The van der Waals surface area contributed by atoms with Crippen molar-refractivity contribution in [2.75, 3.05) is 18.4 Å². The van der Waals surface area contributed by atoms with Crippen LogP contribution in [0.15, 0.2) is 12.3 Å². The maximum Gasteiger partial charge on any atom is 0.410 e. The number of rotatable bonds is 3. The summed E-state index contributed by atoms with van der Waals surface area (Å²) in [6, 6.07) is 3.69. The smallest absolute Gasteiger partial charge is 0.410 e. The van der Waals surface area contributed by atoms with Crippen molar-refractivity contribution in [3.8, 4) is 6.07 Å². The Balaban J connectivity index is 1.19. The van der Waals surface area contributed by atoms with Crippen molar-refractivity contribution < 1.29 is 14.6 Å². The third-order valence-corrected chi connectivity index (χ3v) is 7.36. The van der Waals surface area contributed by atoms with Crippen LogP contribution < -0.4 is 5.32 Å². The number of halogens is 1. The quantitative estimate of drug-likeness (QED) is 0.785. The van der Waals surface area contributed by atoms with Crippen LogP contribution in [-0.2, 0) is 4.74 Å². The number of aromatic nitrogens is 1. The number of nitrogens with one attached hydrogen (secondary N) is 1. The number of pyridine rings is 1. The van der Waals surface area contributed by atoms with E-state index in [0.717, 1.165) is 38.5 Å². The van der Waals surface area contributed by atoms with Gasteiger partial charge in [-0.1, -0.05) is 11.6 Å². The van der Waals surface area contributed by atoms with Gasteiger partial charge in [-0.15, -0.1) is 0 Å². The Kier molecular flexibility index (Phi) is 4.60. The molecule has 4 bridgehead atoms. The van der Waals surface area contributed by atoms with Crippen molar-refractivity contribution in [2.45, 2.75) is 56.3 Å². The monoisotopic (exact) mass is 416 g/mol. The predicted molar refractivity (Wildman–Crippen MR) is 106 cm³/mol. The predicted octanol–water partition coefficient (Wildman–Crippen LogP) is 3.17. The first-order valence-corrected chi connectivity index (χ1v) is 10.8. The highest BCUT2D eigenvalue weighted by Crippen LogP contribution is 2.56. The van der Waals surface area contributed by atoms with Gasteiger partial charge in [0.05, 0.1) is 16.2 Å². The molecule has 2 N–H and O–H groups in total. The first-order valence-electron chi connectivity index (χ1n) is 10.4. The lowest BCUT2D eigenvalue weighted by Crippen LogP contribution is -2.58. The summed E-state index contributed by atoms with van der Waals surface area (Å²) in [5, 5.41) is 23.6. The van der Waals surface area contributed by atoms with Crippen LogP contribution in [0.25, 0.3) is 0 Å². The Labute approximate surface area is 175 Å². The number of likely N-dealkylation sites (tertiary alicyclic amines) is 1. The van der Waals surface area contributed by atoms with E-state index < -0.39 is 5.60 Å². The van der Waals surface area contributed by atoms with Crippen LogP contribution in [0.1, 0.15) is 44.1 Å². The standard InChI is InChI=1S/C21H25ClN4O3/c22-16-5-15(9-23)19(24-10-16)25-17-1-2-26(11-17)20(27)29-18-13-3-12-4-14(18)8-21(28,6-12)7-13/h5,10,12-14,17-18,28H,1-4,6-8,11H2,(H,24,25)/t12?,13-,14?,17?,18?,21?/m1/s1. The lowest BCUT2D eigenvalue weighted by Gasteiger charge is -2.57. The fourth-order valence-corrected chi connectivity index (χ4v) is 6.35. The maximum atomic E-state index is 12.8. The highest BCUT2D eigenvalue weighted by atomic mass is 35.5. The molecule has 1 amide bonds. The molecule has 2 heterocycles. The van der Waals surface area contributed by atoms with Gasteiger partial charge in [0.2, 0.25) is 0 Å². The minimum Gasteiger partial charge on any atom is -0.446 e. The van der Waals surface area contributed by atoms with Crippen molar-refractivity contribution in [2.24, 2.45) is 17.8 Å². The average Bonchev–Trinajstić information content (AvgIpc) is 3.13. The molecule has 5 fully saturated rings. The molecule has 4 saturated carbocycles. The third kappa shape index (κ3) is 3.53. The van der Waals surface area contributed by atoms with Gasteiger partial charge >= 0.3 is 6.09 Å². The molecule has 6 atom stereocenters. The summed E-state index contributed by atoms with van der Waals surface area (Å²) < 4.78 is 5.98. The zero-order valence-electron chi connectivity index (χ0n) is 16.2. The van der Waals surface area contributed by atoms with Gasteiger partial charge in [0.1, 0.15) is 18.0 Å². The number of hydrogen-bond donors (Lipinski definition) is 2. The molecule has 1 saturated heterocycles. The normalized spacial score (nSPS) is 37.4. The highest BCUT2D eigenvalue weighted by molar-refractivity contribution is 6.30. The van der Waals surface area contributed by atoms with E-state index in [0.29, 0.717) is 47.2 Å². The summed E-state index contributed by atoms with van der Waals surface area (Å²) in [7, 11) is 0. The summed E-state index contributed by atoms with van der Waals surface area (Å²) in [4.78, 5) is 18.8. The summed E-state index contributed by atoms with van der Waals surface area (Å²) >= 11 is 5.90. The lowest BCUT2D eigenvalue weighted by atomic mass is 9.53. The van der Waals surface area contributed by atoms with Crippen LogP contribution in [0.2, 0.25) is 5.02 Å². The minimum absolute atomic E-state index is 0.0162. The maximum absolute atomic E-state index is 12.8. The van der Waals surface area contributed by atoms with Crippen LogP contribution in [-0.4, -0.2) is 51.9 Å². The fourth-order valence-electron chi connectivity index (χ4n) is 6.19. The van der Waals surface area contributed by atoms with E-state index in [1.54, 1.807) is 11.0 Å². The van der Waals surface area contributed by atoms with Gasteiger partial charge in [-0.05, 0) is 62.3 Å². The zero-order valence-corrected chi connectivity index (χ0v) is 16.9. The first-order chi connectivity index (χ1) is 13.9. The number of ether oxygens (including phenoxy) is 1. The van der Waals surface area contributed by atoms with E-state index in [2.05, 4.69) is 16.4 Å². The second-order valence-electron chi connectivity index (χ2n) is 9.28. The molecule has 0 spiro atoms. The zero-order chi connectivity index (χ0) is 20.2. The summed E-state index contributed by atoms with van der Waals surface area (Å²) in [6.45, 7) is 1.13. The van der Waals surface area contributed by atoms with E-state index in [9.17, 15) is 15.2 Å². The van der Waals surface area contributed by atoms with Gasteiger partial charge in [0.15, 0.2) is 0 Å². The third-order valence-electron chi connectivity index (χ3n) is 7.15. The highest BCUT2D eigenvalue weighted by Gasteiger charge is 2.56. The Bertz CT molecular complexity index is 856. The molecule has 1 aromatic heterocycles. The molecule has 1 aliphatic heterocycles. The van der Waals surface area contributed by atoms with Crippen molar-refractivity contribution in [1.82, 2.24) is 9.88 Å². The number of nitriles is 1. The molecule has 4 aliphatic carbocycles. The summed E-state index contributed by atoms with van der Waals surface area (Å²) in [6.07, 6.45) is 6.54. The van der Waals surface area contributed by atoms with E-state index >= 15 is 0 Å². The number of nitrogens with zero attached hydrogens (tertiary/aromatic N) is 3. The number of carbonyl (C=O) groups is 1. The SMILES string of the molecule is N#Cc1cc(Cl)cnc1NC1CCN(C(=O)OC2C3CC4C[C@@H]2CC(O)(C4)C3)C1. The molecule has 5 unspecified atom stereocenters. The molecule has 6 rings (SSSR count). The molecular weight excluding hydrogens is 392 g/mol. The second-order valence-corrected chi connectivity index (χ2v) is 9.72. The second kappa shape index (κ2) is 7.03. The van der Waals surface area contributed by atoms with Crippen molar-refractivity contribution >= 4 is 23.5 Å². The van der Waals surface area contributed by atoms with Gasteiger partial charge in [-0.3, -0.25) is 0 Å². The average molecular weight is 417 g/mol. The van der Waals surface area contributed by atoms with Crippen molar-refractivity contribution in [1.29, 1.82) is 5.26 Å².